The van der Waals surface area contributed by atoms with E-state index in [2.05, 4.69) is 34.7 Å². The predicted octanol–water partition coefficient (Wildman–Crippen LogP) is 4.89. The zero-order valence-corrected chi connectivity index (χ0v) is 13.5. The van der Waals surface area contributed by atoms with Gasteiger partial charge in [0.25, 0.3) is 0 Å². The molecule has 0 bridgehead atoms. The lowest BCUT2D eigenvalue weighted by Gasteiger charge is -2.10. The number of pyridine rings is 1. The lowest BCUT2D eigenvalue weighted by Crippen LogP contribution is -2.19. The summed E-state index contributed by atoms with van der Waals surface area (Å²) in [7, 11) is 0. The summed E-state index contributed by atoms with van der Waals surface area (Å²) >= 11 is 11.0. The van der Waals surface area contributed by atoms with Crippen molar-refractivity contribution in [2.75, 3.05) is 10.6 Å². The van der Waals surface area contributed by atoms with Crippen LogP contribution in [0.25, 0.3) is 0 Å². The van der Waals surface area contributed by atoms with Gasteiger partial charge in [-0.2, -0.15) is 0 Å². The second-order valence-corrected chi connectivity index (χ2v) is 5.59. The zero-order chi connectivity index (χ0) is 15.1. The molecule has 21 heavy (non-hydrogen) atoms. The summed E-state index contributed by atoms with van der Waals surface area (Å²) in [5.74, 6) is 0.663. The Morgan fingerprint density at radius 1 is 1.14 bits per heavy atom. The third-order valence-electron chi connectivity index (χ3n) is 3.00. The highest BCUT2D eigenvalue weighted by Gasteiger charge is 2.00. The smallest absolute Gasteiger partial charge is 0.176 e. The van der Waals surface area contributed by atoms with Crippen LogP contribution in [-0.4, -0.2) is 10.1 Å². The number of benzene rings is 1. The summed E-state index contributed by atoms with van der Waals surface area (Å²) in [4.78, 5) is 4.14. The van der Waals surface area contributed by atoms with E-state index < -0.39 is 0 Å². The van der Waals surface area contributed by atoms with Gasteiger partial charge in [0.1, 0.15) is 5.82 Å². The summed E-state index contributed by atoms with van der Waals surface area (Å²) in [5.41, 5.74) is 2.31. The maximum Gasteiger partial charge on any atom is 0.176 e. The summed E-state index contributed by atoms with van der Waals surface area (Å²) in [6, 6.07) is 11.9. The van der Waals surface area contributed by atoms with Gasteiger partial charge in [0, 0.05) is 11.9 Å². The third-order valence-corrected chi connectivity index (χ3v) is 3.43. The summed E-state index contributed by atoms with van der Waals surface area (Å²) in [6.45, 7) is 2.20. The molecule has 0 fully saturated rings. The standard InChI is InChI=1S/C16H18ClN3S/c1-2-3-4-12-5-8-14(9-6-12)19-16(21)20-15-10-7-13(17)11-18-15/h5-11H,2-4H2,1H3,(H2,18,19,20,21). The van der Waals surface area contributed by atoms with Crippen LogP contribution in [0.3, 0.4) is 0 Å². The van der Waals surface area contributed by atoms with Gasteiger partial charge < -0.3 is 10.6 Å². The minimum Gasteiger partial charge on any atom is -0.332 e. The highest BCUT2D eigenvalue weighted by molar-refractivity contribution is 7.80. The number of aryl methyl sites for hydroxylation is 1. The van der Waals surface area contributed by atoms with E-state index in [4.69, 9.17) is 23.8 Å². The van der Waals surface area contributed by atoms with E-state index in [0.29, 0.717) is 16.0 Å². The van der Waals surface area contributed by atoms with Crippen molar-refractivity contribution in [3.05, 3.63) is 53.2 Å². The number of nitrogens with zero attached hydrogens (tertiary/aromatic N) is 1. The molecule has 0 aliphatic heterocycles. The number of hydrogen-bond donors (Lipinski definition) is 2. The van der Waals surface area contributed by atoms with Gasteiger partial charge in [-0.3, -0.25) is 0 Å². The number of nitrogens with one attached hydrogen (secondary N) is 2. The first-order chi connectivity index (χ1) is 10.2. The molecule has 0 spiro atoms. The first-order valence-corrected chi connectivity index (χ1v) is 7.74. The number of hydrogen-bond acceptors (Lipinski definition) is 2. The number of rotatable bonds is 5. The summed E-state index contributed by atoms with van der Waals surface area (Å²) in [5, 5.41) is 7.26. The quantitative estimate of drug-likeness (QED) is 0.770. The van der Waals surface area contributed by atoms with Gasteiger partial charge in [0.15, 0.2) is 5.11 Å². The minimum atomic E-state index is 0.506. The minimum absolute atomic E-state index is 0.506. The van der Waals surface area contributed by atoms with Gasteiger partial charge in [-0.1, -0.05) is 37.1 Å². The Kier molecular flexibility index (Phi) is 5.96. The lowest BCUT2D eigenvalue weighted by molar-refractivity contribution is 0.795. The Hall–Kier alpha value is -1.65. The van der Waals surface area contributed by atoms with Crippen LogP contribution in [0.4, 0.5) is 11.5 Å². The fourth-order valence-electron chi connectivity index (χ4n) is 1.86. The van der Waals surface area contributed by atoms with Crippen molar-refractivity contribution in [1.29, 1.82) is 0 Å². The monoisotopic (exact) mass is 319 g/mol. The van der Waals surface area contributed by atoms with Gasteiger partial charge in [-0.05, 0) is 54.9 Å². The normalized spacial score (nSPS) is 10.2. The van der Waals surface area contributed by atoms with Gasteiger partial charge >= 0.3 is 0 Å². The molecular weight excluding hydrogens is 302 g/mol. The molecule has 2 aromatic rings. The molecule has 0 atom stereocenters. The molecule has 1 heterocycles. The average molecular weight is 320 g/mol. The topological polar surface area (TPSA) is 37.0 Å². The van der Waals surface area contributed by atoms with E-state index in [0.717, 1.165) is 12.1 Å². The van der Waals surface area contributed by atoms with Gasteiger partial charge in [0.2, 0.25) is 0 Å². The van der Waals surface area contributed by atoms with E-state index in [9.17, 15) is 0 Å². The molecule has 1 aromatic carbocycles. The van der Waals surface area contributed by atoms with Crippen LogP contribution in [0.2, 0.25) is 5.02 Å². The van der Waals surface area contributed by atoms with Crippen LogP contribution in [0.1, 0.15) is 25.3 Å². The van der Waals surface area contributed by atoms with Crippen LogP contribution in [0.5, 0.6) is 0 Å². The van der Waals surface area contributed by atoms with Crippen molar-refractivity contribution >= 4 is 40.4 Å². The van der Waals surface area contributed by atoms with Crippen molar-refractivity contribution in [3.8, 4) is 0 Å². The van der Waals surface area contributed by atoms with Crippen LogP contribution < -0.4 is 10.6 Å². The van der Waals surface area contributed by atoms with Crippen molar-refractivity contribution in [2.24, 2.45) is 0 Å². The molecule has 2 rings (SSSR count). The van der Waals surface area contributed by atoms with E-state index in [1.807, 2.05) is 12.1 Å². The van der Waals surface area contributed by atoms with Crippen molar-refractivity contribution in [2.45, 2.75) is 26.2 Å². The van der Waals surface area contributed by atoms with Crippen LogP contribution in [0, 0.1) is 0 Å². The second-order valence-electron chi connectivity index (χ2n) is 4.74. The molecule has 1 aromatic heterocycles. The fraction of sp³-hybridized carbons (Fsp3) is 0.250. The number of unbranched alkanes of at least 4 members (excludes halogenated alkanes) is 1. The van der Waals surface area contributed by atoms with E-state index in [-0.39, 0.29) is 0 Å². The van der Waals surface area contributed by atoms with E-state index in [1.54, 1.807) is 18.3 Å². The third kappa shape index (κ3) is 5.33. The predicted molar refractivity (Wildman–Crippen MR) is 94.1 cm³/mol. The number of aromatic nitrogens is 1. The van der Waals surface area contributed by atoms with Gasteiger partial charge in [-0.15, -0.1) is 0 Å². The average Bonchev–Trinajstić information content (AvgIpc) is 2.49. The van der Waals surface area contributed by atoms with Gasteiger partial charge in [-0.25, -0.2) is 4.98 Å². The Labute approximate surface area is 135 Å². The highest BCUT2D eigenvalue weighted by Crippen LogP contribution is 2.13. The maximum absolute atomic E-state index is 5.79. The second kappa shape index (κ2) is 7.96. The zero-order valence-electron chi connectivity index (χ0n) is 11.9. The molecule has 5 heteroatoms. The SMILES string of the molecule is CCCCc1ccc(NC(=S)Nc2ccc(Cl)cn2)cc1. The molecule has 110 valence electrons. The molecule has 3 nitrogen and oxygen atoms in total. The highest BCUT2D eigenvalue weighted by atomic mass is 35.5. The Balaban J connectivity index is 1.88. The summed E-state index contributed by atoms with van der Waals surface area (Å²) in [6.07, 6.45) is 5.13. The van der Waals surface area contributed by atoms with E-state index >= 15 is 0 Å². The first kappa shape index (κ1) is 15.7. The number of anilines is 2. The fourth-order valence-corrected chi connectivity index (χ4v) is 2.20. The summed E-state index contributed by atoms with van der Waals surface area (Å²) < 4.78 is 0. The van der Waals surface area contributed by atoms with Gasteiger partial charge in [0.05, 0.1) is 5.02 Å². The Bertz CT molecular complexity index is 581. The molecule has 2 N–H and O–H groups in total. The largest absolute Gasteiger partial charge is 0.332 e. The molecule has 0 saturated carbocycles. The molecule has 0 amide bonds. The number of halogens is 1. The first-order valence-electron chi connectivity index (χ1n) is 6.96. The molecule has 0 aliphatic carbocycles. The Morgan fingerprint density at radius 2 is 1.90 bits per heavy atom. The molecule has 0 saturated heterocycles. The molecule has 0 unspecified atom stereocenters. The van der Waals surface area contributed by atoms with Crippen molar-refractivity contribution in [1.82, 2.24) is 4.98 Å². The van der Waals surface area contributed by atoms with Crippen LogP contribution >= 0.6 is 23.8 Å². The van der Waals surface area contributed by atoms with Crippen molar-refractivity contribution in [3.63, 3.8) is 0 Å². The van der Waals surface area contributed by atoms with E-state index in [1.165, 1.54) is 18.4 Å². The maximum atomic E-state index is 5.79. The Morgan fingerprint density at radius 3 is 2.52 bits per heavy atom. The van der Waals surface area contributed by atoms with Crippen LogP contribution in [0.15, 0.2) is 42.6 Å². The lowest BCUT2D eigenvalue weighted by atomic mass is 10.1. The molecule has 0 radical (unpaired) electrons. The molecule has 0 aliphatic rings. The van der Waals surface area contributed by atoms with Crippen molar-refractivity contribution < 1.29 is 0 Å². The number of thiocarbonyl (C=S) groups is 1. The van der Waals surface area contributed by atoms with Crippen LogP contribution in [-0.2, 0) is 6.42 Å². The molecular formula is C16H18ClN3S.